The van der Waals surface area contributed by atoms with Crippen LogP contribution in [0.15, 0.2) is 60.7 Å². The molecule has 33 heavy (non-hydrogen) atoms. The summed E-state index contributed by atoms with van der Waals surface area (Å²) in [4.78, 5) is 14.1. The Balaban J connectivity index is 1.67. The van der Waals surface area contributed by atoms with Gasteiger partial charge in [-0.1, -0.05) is 79.2 Å². The Hall–Kier alpha value is -1.88. The molecule has 4 unspecified atom stereocenters. The lowest BCUT2D eigenvalue weighted by atomic mass is 9.85. The Kier molecular flexibility index (Phi) is 7.47. The van der Waals surface area contributed by atoms with E-state index in [0.29, 0.717) is 12.1 Å². The maximum absolute atomic E-state index is 14.1. The summed E-state index contributed by atoms with van der Waals surface area (Å²) in [5, 5.41) is 0. The minimum absolute atomic E-state index is 0.122. The standard InChI is InChI=1S/C28H37ClNO3/c1-4-25-20-26(19-21(2)30(25)17-11-12-18-30)32-27(31)28(33-22(3)29,23-13-7-5-8-14-23)24-15-9-6-10-16-24/h5-10,13-16,21-22,25-26H,4,11-12,17-20H2,1-3H3/q+1. The molecule has 4 nitrogen and oxygen atoms in total. The number of rotatable bonds is 7. The molecular formula is C28H37ClNO3+. The van der Waals surface area contributed by atoms with Gasteiger partial charge in [0.1, 0.15) is 11.7 Å². The largest absolute Gasteiger partial charge is 0.459 e. The third-order valence-corrected chi connectivity index (χ3v) is 7.96. The average molecular weight is 471 g/mol. The van der Waals surface area contributed by atoms with Crippen LogP contribution >= 0.6 is 11.6 Å². The molecule has 2 aromatic rings. The molecule has 2 saturated heterocycles. The zero-order valence-corrected chi connectivity index (χ0v) is 20.8. The van der Waals surface area contributed by atoms with E-state index in [1.165, 1.54) is 30.4 Å². The minimum atomic E-state index is -1.41. The number of hydrogen-bond acceptors (Lipinski definition) is 3. The molecule has 0 saturated carbocycles. The highest BCUT2D eigenvalue weighted by molar-refractivity contribution is 6.19. The fraction of sp³-hybridized carbons (Fsp3) is 0.536. The molecule has 5 heteroatoms. The molecule has 0 N–H and O–H groups in total. The van der Waals surface area contributed by atoms with Crippen LogP contribution in [0.5, 0.6) is 0 Å². The lowest BCUT2D eigenvalue weighted by molar-refractivity contribution is -0.967. The van der Waals surface area contributed by atoms with Gasteiger partial charge in [-0.3, -0.25) is 0 Å². The van der Waals surface area contributed by atoms with Crippen molar-refractivity contribution in [3.63, 3.8) is 0 Å². The van der Waals surface area contributed by atoms with Gasteiger partial charge in [0.25, 0.3) is 0 Å². The molecule has 2 aliphatic rings. The summed E-state index contributed by atoms with van der Waals surface area (Å²) < 4.78 is 13.8. The second-order valence-corrected chi connectivity index (χ2v) is 10.4. The highest BCUT2D eigenvalue weighted by atomic mass is 35.5. The molecule has 178 valence electrons. The molecule has 0 aliphatic carbocycles. The lowest BCUT2D eigenvalue weighted by Crippen LogP contribution is -2.63. The van der Waals surface area contributed by atoms with E-state index in [2.05, 4.69) is 13.8 Å². The fourth-order valence-electron chi connectivity index (χ4n) is 6.33. The summed E-state index contributed by atoms with van der Waals surface area (Å²) in [7, 11) is 0. The Morgan fingerprint density at radius 2 is 1.58 bits per heavy atom. The summed E-state index contributed by atoms with van der Waals surface area (Å²) in [6.45, 7) is 8.87. The van der Waals surface area contributed by atoms with Crippen molar-refractivity contribution < 1.29 is 18.8 Å². The topological polar surface area (TPSA) is 35.5 Å². The van der Waals surface area contributed by atoms with Gasteiger partial charge in [-0.2, -0.15) is 0 Å². The Labute approximate surface area is 203 Å². The number of carbonyl (C=O) groups excluding carboxylic acids is 1. The highest BCUT2D eigenvalue weighted by Gasteiger charge is 2.52. The van der Waals surface area contributed by atoms with Gasteiger partial charge in [0.15, 0.2) is 0 Å². The van der Waals surface area contributed by atoms with E-state index in [1.807, 2.05) is 60.7 Å². The summed E-state index contributed by atoms with van der Waals surface area (Å²) in [6, 6.07) is 20.2. The van der Waals surface area contributed by atoms with Crippen LogP contribution in [-0.4, -0.2) is 47.3 Å². The van der Waals surface area contributed by atoms with E-state index in [9.17, 15) is 4.79 Å². The van der Waals surface area contributed by atoms with Gasteiger partial charge in [0.05, 0.1) is 25.2 Å². The van der Waals surface area contributed by atoms with Crippen LogP contribution in [0.2, 0.25) is 0 Å². The highest BCUT2D eigenvalue weighted by Crippen LogP contribution is 2.41. The number of halogens is 1. The van der Waals surface area contributed by atoms with E-state index < -0.39 is 11.2 Å². The van der Waals surface area contributed by atoms with Crippen molar-refractivity contribution in [1.82, 2.24) is 0 Å². The van der Waals surface area contributed by atoms with Gasteiger partial charge in [-0.05, 0) is 31.4 Å². The predicted octanol–water partition coefficient (Wildman–Crippen LogP) is 6.01. The molecule has 2 aliphatic heterocycles. The minimum Gasteiger partial charge on any atom is -0.459 e. The van der Waals surface area contributed by atoms with Crippen molar-refractivity contribution in [2.45, 2.75) is 82.2 Å². The van der Waals surface area contributed by atoms with Gasteiger partial charge >= 0.3 is 5.97 Å². The molecule has 1 spiro atoms. The Bertz CT molecular complexity index is 872. The molecular weight excluding hydrogens is 434 g/mol. The quantitative estimate of drug-likeness (QED) is 0.282. The van der Waals surface area contributed by atoms with Crippen molar-refractivity contribution in [3.8, 4) is 0 Å². The summed E-state index contributed by atoms with van der Waals surface area (Å²) >= 11 is 6.37. The Morgan fingerprint density at radius 3 is 2.06 bits per heavy atom. The van der Waals surface area contributed by atoms with E-state index in [4.69, 9.17) is 21.1 Å². The molecule has 4 atom stereocenters. The second kappa shape index (κ2) is 10.2. The van der Waals surface area contributed by atoms with E-state index in [1.54, 1.807) is 6.92 Å². The summed E-state index contributed by atoms with van der Waals surface area (Å²) in [5.41, 5.74) is -0.628. The molecule has 2 fully saturated rings. The average Bonchev–Trinajstić information content (AvgIpc) is 3.31. The van der Waals surface area contributed by atoms with Crippen LogP contribution in [0.4, 0.5) is 0 Å². The smallest absolute Gasteiger partial charge is 0.348 e. The second-order valence-electron chi connectivity index (χ2n) is 9.74. The molecule has 0 bridgehead atoms. The van der Waals surface area contributed by atoms with Crippen LogP contribution in [-0.2, 0) is 19.9 Å². The van der Waals surface area contributed by atoms with Gasteiger partial charge in [-0.25, -0.2) is 4.79 Å². The van der Waals surface area contributed by atoms with Gasteiger partial charge in [0, 0.05) is 25.7 Å². The number of alkyl halides is 1. The van der Waals surface area contributed by atoms with Gasteiger partial charge in [0.2, 0.25) is 5.60 Å². The van der Waals surface area contributed by atoms with Crippen LogP contribution in [0.3, 0.4) is 0 Å². The summed E-state index contributed by atoms with van der Waals surface area (Å²) in [6.07, 6.45) is 5.38. The van der Waals surface area contributed by atoms with Crippen LogP contribution in [0, 0.1) is 0 Å². The van der Waals surface area contributed by atoms with E-state index >= 15 is 0 Å². The molecule has 0 amide bonds. The first-order chi connectivity index (χ1) is 15.9. The third-order valence-electron chi connectivity index (χ3n) is 7.88. The van der Waals surface area contributed by atoms with Crippen LogP contribution < -0.4 is 0 Å². The number of ether oxygens (including phenoxy) is 2. The zero-order valence-electron chi connectivity index (χ0n) is 20.1. The molecule has 4 rings (SSSR count). The first-order valence-electron chi connectivity index (χ1n) is 12.4. The van der Waals surface area contributed by atoms with Gasteiger partial charge < -0.3 is 14.0 Å². The molecule has 2 heterocycles. The number of esters is 1. The van der Waals surface area contributed by atoms with Crippen molar-refractivity contribution in [2.75, 3.05) is 13.1 Å². The van der Waals surface area contributed by atoms with E-state index in [-0.39, 0.29) is 12.1 Å². The summed E-state index contributed by atoms with van der Waals surface area (Å²) in [5.74, 6) is -0.380. The number of benzene rings is 2. The maximum Gasteiger partial charge on any atom is 0.348 e. The number of quaternary nitrogens is 1. The lowest BCUT2D eigenvalue weighted by Gasteiger charge is -2.51. The predicted molar refractivity (Wildman–Crippen MR) is 132 cm³/mol. The van der Waals surface area contributed by atoms with Gasteiger partial charge in [-0.15, -0.1) is 0 Å². The first kappa shape index (κ1) is 24.3. The van der Waals surface area contributed by atoms with E-state index in [0.717, 1.165) is 30.4 Å². The monoisotopic (exact) mass is 470 g/mol. The number of hydrogen-bond donors (Lipinski definition) is 0. The zero-order chi connectivity index (χ0) is 23.5. The molecule has 2 aromatic carbocycles. The van der Waals surface area contributed by atoms with Crippen molar-refractivity contribution in [2.24, 2.45) is 0 Å². The first-order valence-corrected chi connectivity index (χ1v) is 12.9. The number of nitrogens with zero attached hydrogens (tertiary/aromatic N) is 1. The fourth-order valence-corrected chi connectivity index (χ4v) is 6.46. The van der Waals surface area contributed by atoms with Crippen molar-refractivity contribution >= 4 is 17.6 Å². The SMILES string of the molecule is CCC1CC(OC(=O)C(OC(C)Cl)(c2ccccc2)c2ccccc2)CC(C)[N+]12CCCC2. The maximum atomic E-state index is 14.1. The number of piperidine rings is 1. The molecule has 0 aromatic heterocycles. The number of carbonyl (C=O) groups is 1. The third kappa shape index (κ3) is 4.58. The van der Waals surface area contributed by atoms with Crippen LogP contribution in [0.25, 0.3) is 0 Å². The van der Waals surface area contributed by atoms with Crippen molar-refractivity contribution in [1.29, 1.82) is 0 Å². The van der Waals surface area contributed by atoms with Crippen LogP contribution in [0.1, 0.15) is 64.0 Å². The normalized spacial score (nSPS) is 25.6. The molecule has 0 radical (unpaired) electrons. The Morgan fingerprint density at radius 1 is 1.03 bits per heavy atom. The van der Waals surface area contributed by atoms with Crippen molar-refractivity contribution in [3.05, 3.63) is 71.8 Å².